The molecule has 0 aromatic heterocycles. The molecule has 2 atom stereocenters. The van der Waals surface area contributed by atoms with Crippen molar-refractivity contribution in [2.75, 3.05) is 32.7 Å². The minimum Gasteiger partial charge on any atom is -0.480 e. The molecule has 0 aromatic carbocycles. The van der Waals surface area contributed by atoms with Crippen LogP contribution in [-0.2, 0) is 4.79 Å². The summed E-state index contributed by atoms with van der Waals surface area (Å²) in [7, 11) is 0. The predicted molar refractivity (Wildman–Crippen MR) is 80.3 cm³/mol. The fourth-order valence-corrected chi connectivity index (χ4v) is 4.32. The number of rotatable bonds is 6. The van der Waals surface area contributed by atoms with Gasteiger partial charge >= 0.3 is 5.97 Å². The van der Waals surface area contributed by atoms with Crippen molar-refractivity contribution in [3.63, 3.8) is 0 Å². The van der Waals surface area contributed by atoms with Gasteiger partial charge in [0.05, 0.1) is 0 Å². The Labute approximate surface area is 126 Å². The third-order valence-corrected chi connectivity index (χ3v) is 5.84. The van der Waals surface area contributed by atoms with E-state index in [0.717, 1.165) is 45.3 Å². The molecule has 2 unspecified atom stereocenters. The summed E-state index contributed by atoms with van der Waals surface area (Å²) < 4.78 is 0. The fourth-order valence-electron chi connectivity index (χ4n) is 4.32. The molecule has 0 radical (unpaired) electrons. The lowest BCUT2D eigenvalue weighted by Gasteiger charge is -2.42. The molecule has 2 aliphatic heterocycles. The number of carbonyl (C=O) groups is 1. The summed E-state index contributed by atoms with van der Waals surface area (Å²) in [4.78, 5) is 17.1. The van der Waals surface area contributed by atoms with Crippen LogP contribution in [0.15, 0.2) is 0 Å². The molecule has 5 heteroatoms. The van der Waals surface area contributed by atoms with Crippen molar-refractivity contribution in [2.24, 2.45) is 5.92 Å². The van der Waals surface area contributed by atoms with Crippen molar-refractivity contribution in [2.45, 2.75) is 56.1 Å². The van der Waals surface area contributed by atoms with Gasteiger partial charge in [-0.15, -0.1) is 0 Å². The maximum Gasteiger partial charge on any atom is 0.325 e. The Balaban J connectivity index is 1.47. The van der Waals surface area contributed by atoms with E-state index >= 15 is 0 Å². The number of fused-ring (bicyclic) bond motifs is 1. The predicted octanol–water partition coefficient (Wildman–Crippen LogP) is 0.752. The van der Waals surface area contributed by atoms with Crippen LogP contribution in [-0.4, -0.2) is 71.2 Å². The highest BCUT2D eigenvalue weighted by Gasteiger charge is 2.54. The van der Waals surface area contributed by atoms with Crippen molar-refractivity contribution in [3.8, 4) is 0 Å². The molecule has 0 aromatic rings. The second-order valence-electron chi connectivity index (χ2n) is 7.54. The number of nitrogens with zero attached hydrogens (tertiary/aromatic N) is 2. The molecule has 2 saturated heterocycles. The number of hydrogen-bond donors (Lipinski definition) is 2. The van der Waals surface area contributed by atoms with Gasteiger partial charge in [-0.1, -0.05) is 0 Å². The SMILES string of the molecule is O=C(O)C(CN1CCN2CCCC2C1)(NC1CC1)C1CC1. The Bertz CT molecular complexity index is 422. The van der Waals surface area contributed by atoms with E-state index in [9.17, 15) is 9.90 Å². The van der Waals surface area contributed by atoms with Gasteiger partial charge in [0.2, 0.25) is 0 Å². The monoisotopic (exact) mass is 293 g/mol. The quantitative estimate of drug-likeness (QED) is 0.757. The summed E-state index contributed by atoms with van der Waals surface area (Å²) >= 11 is 0. The Kier molecular flexibility index (Phi) is 3.47. The van der Waals surface area contributed by atoms with Crippen LogP contribution >= 0.6 is 0 Å². The van der Waals surface area contributed by atoms with Gasteiger partial charge in [0.1, 0.15) is 5.54 Å². The lowest BCUT2D eigenvalue weighted by atomic mass is 9.91. The molecule has 0 bridgehead atoms. The number of carboxylic acid groups (broad SMARTS) is 1. The van der Waals surface area contributed by atoms with Crippen LogP contribution in [0.2, 0.25) is 0 Å². The van der Waals surface area contributed by atoms with Crippen LogP contribution in [0.25, 0.3) is 0 Å². The first-order chi connectivity index (χ1) is 10.2. The highest BCUT2D eigenvalue weighted by atomic mass is 16.4. The van der Waals surface area contributed by atoms with Crippen LogP contribution in [0.1, 0.15) is 38.5 Å². The van der Waals surface area contributed by atoms with E-state index in [4.69, 9.17) is 0 Å². The zero-order chi connectivity index (χ0) is 14.4. The smallest absolute Gasteiger partial charge is 0.325 e. The van der Waals surface area contributed by atoms with Crippen LogP contribution in [0.3, 0.4) is 0 Å². The van der Waals surface area contributed by atoms with E-state index in [1.165, 1.54) is 19.4 Å². The highest BCUT2D eigenvalue weighted by Crippen LogP contribution is 2.42. The Morgan fingerprint density at radius 2 is 1.95 bits per heavy atom. The second-order valence-corrected chi connectivity index (χ2v) is 7.54. The van der Waals surface area contributed by atoms with Gasteiger partial charge in [-0.3, -0.25) is 19.9 Å². The summed E-state index contributed by atoms with van der Waals surface area (Å²) in [6, 6.07) is 1.12. The number of carboxylic acids is 1. The molecular weight excluding hydrogens is 266 g/mol. The van der Waals surface area contributed by atoms with Gasteiger partial charge in [-0.05, 0) is 51.0 Å². The lowest BCUT2D eigenvalue weighted by molar-refractivity contribution is -0.147. The minimum atomic E-state index is -0.679. The van der Waals surface area contributed by atoms with E-state index in [1.54, 1.807) is 0 Å². The molecule has 4 fully saturated rings. The first-order valence-corrected chi connectivity index (χ1v) is 8.65. The number of nitrogens with one attached hydrogen (secondary N) is 1. The van der Waals surface area contributed by atoms with Crippen molar-refractivity contribution in [1.29, 1.82) is 0 Å². The molecule has 2 heterocycles. The van der Waals surface area contributed by atoms with Gasteiger partial charge in [-0.25, -0.2) is 0 Å². The summed E-state index contributed by atoms with van der Waals surface area (Å²) in [5.74, 6) is -0.275. The molecule has 4 aliphatic rings. The summed E-state index contributed by atoms with van der Waals surface area (Å²) in [5, 5.41) is 13.4. The second kappa shape index (κ2) is 5.21. The first-order valence-electron chi connectivity index (χ1n) is 8.65. The molecule has 2 N–H and O–H groups in total. The van der Waals surface area contributed by atoms with E-state index < -0.39 is 11.5 Å². The van der Waals surface area contributed by atoms with E-state index in [1.807, 2.05) is 0 Å². The maximum atomic E-state index is 12.1. The molecule has 118 valence electrons. The van der Waals surface area contributed by atoms with Crippen molar-refractivity contribution in [1.82, 2.24) is 15.1 Å². The summed E-state index contributed by atoms with van der Waals surface area (Å²) in [5.41, 5.74) is -0.679. The molecule has 21 heavy (non-hydrogen) atoms. The van der Waals surface area contributed by atoms with Crippen molar-refractivity contribution < 1.29 is 9.90 Å². The van der Waals surface area contributed by atoms with Gasteiger partial charge in [0.25, 0.3) is 0 Å². The molecule has 2 saturated carbocycles. The van der Waals surface area contributed by atoms with Crippen molar-refractivity contribution >= 4 is 5.97 Å². The zero-order valence-electron chi connectivity index (χ0n) is 12.8. The topological polar surface area (TPSA) is 55.8 Å². The summed E-state index contributed by atoms with van der Waals surface area (Å²) in [6.45, 7) is 5.16. The molecule has 5 nitrogen and oxygen atoms in total. The Hall–Kier alpha value is -0.650. The average molecular weight is 293 g/mol. The number of hydrogen-bond acceptors (Lipinski definition) is 4. The van der Waals surface area contributed by atoms with Crippen molar-refractivity contribution in [3.05, 3.63) is 0 Å². The van der Waals surface area contributed by atoms with E-state index in [0.29, 0.717) is 24.5 Å². The van der Waals surface area contributed by atoms with Crippen LogP contribution in [0.5, 0.6) is 0 Å². The van der Waals surface area contributed by atoms with Gasteiger partial charge in [0.15, 0.2) is 0 Å². The maximum absolute atomic E-state index is 12.1. The lowest BCUT2D eigenvalue weighted by Crippen LogP contribution is -2.64. The zero-order valence-corrected chi connectivity index (χ0v) is 12.8. The van der Waals surface area contributed by atoms with Gasteiger partial charge in [-0.2, -0.15) is 0 Å². The van der Waals surface area contributed by atoms with Crippen LogP contribution < -0.4 is 5.32 Å². The normalized spacial score (nSPS) is 33.6. The van der Waals surface area contributed by atoms with Crippen LogP contribution in [0, 0.1) is 5.92 Å². The van der Waals surface area contributed by atoms with E-state index in [2.05, 4.69) is 15.1 Å². The standard InChI is InChI=1S/C16H27N3O2/c20-15(21)16(12-3-4-12,17-13-5-6-13)11-18-8-9-19-7-1-2-14(19)10-18/h12-14,17H,1-11H2,(H,20,21). The Morgan fingerprint density at radius 3 is 2.62 bits per heavy atom. The molecular formula is C16H27N3O2. The third-order valence-electron chi connectivity index (χ3n) is 5.84. The number of aliphatic carboxylic acids is 1. The summed E-state index contributed by atoms with van der Waals surface area (Å²) in [6.07, 6.45) is 7.06. The largest absolute Gasteiger partial charge is 0.480 e. The van der Waals surface area contributed by atoms with Crippen LogP contribution in [0.4, 0.5) is 0 Å². The molecule has 2 aliphatic carbocycles. The third kappa shape index (κ3) is 2.71. The number of piperazine rings is 1. The molecule has 4 rings (SSSR count). The Morgan fingerprint density at radius 1 is 1.14 bits per heavy atom. The highest BCUT2D eigenvalue weighted by molar-refractivity contribution is 5.80. The van der Waals surface area contributed by atoms with Gasteiger partial charge in [0, 0.05) is 38.3 Å². The van der Waals surface area contributed by atoms with E-state index in [-0.39, 0.29) is 0 Å². The minimum absolute atomic E-state index is 0.345. The molecule has 0 amide bonds. The van der Waals surface area contributed by atoms with Gasteiger partial charge < -0.3 is 5.11 Å². The fraction of sp³-hybridized carbons (Fsp3) is 0.938. The molecule has 0 spiro atoms. The average Bonchev–Trinajstić information content (AvgIpc) is 3.36. The first kappa shape index (κ1) is 14.0.